The smallest absolute Gasteiger partial charge is 0.251 e. The van der Waals surface area contributed by atoms with Crippen molar-refractivity contribution in [2.75, 3.05) is 38.2 Å². The highest BCUT2D eigenvalue weighted by Crippen LogP contribution is 2.31. The van der Waals surface area contributed by atoms with Crippen LogP contribution in [0.15, 0.2) is 42.5 Å². The van der Waals surface area contributed by atoms with E-state index in [2.05, 4.69) is 27.4 Å². The van der Waals surface area contributed by atoms with Crippen LogP contribution < -0.4 is 16.4 Å². The molecule has 34 heavy (non-hydrogen) atoms. The van der Waals surface area contributed by atoms with Crippen molar-refractivity contribution in [3.63, 3.8) is 0 Å². The number of carbonyl (C=O) groups excluding carboxylic acids is 2. The van der Waals surface area contributed by atoms with Crippen LogP contribution in [0.2, 0.25) is 0 Å². The fraction of sp³-hybridized carbons (Fsp3) is 0.292. The first-order valence-electron chi connectivity index (χ1n) is 10.7. The van der Waals surface area contributed by atoms with E-state index in [9.17, 15) is 18.4 Å². The zero-order chi connectivity index (χ0) is 24.8. The Kier molecular flexibility index (Phi) is 8.30. The van der Waals surface area contributed by atoms with Crippen LogP contribution in [0.25, 0.3) is 0 Å². The highest BCUT2D eigenvalue weighted by atomic mass is 32.1. The molecule has 4 N–H and O–H groups in total. The first-order valence-corrected chi connectivity index (χ1v) is 11.5. The quantitative estimate of drug-likeness (QED) is 0.369. The van der Waals surface area contributed by atoms with Crippen LogP contribution in [0.4, 0.5) is 25.4 Å². The summed E-state index contributed by atoms with van der Waals surface area (Å²) >= 11 is 0.890. The summed E-state index contributed by atoms with van der Waals surface area (Å²) in [6.45, 7) is 3.64. The van der Waals surface area contributed by atoms with E-state index in [0.717, 1.165) is 36.4 Å². The fourth-order valence-corrected chi connectivity index (χ4v) is 4.01. The Hall–Kier alpha value is -3.37. The monoisotopic (exact) mass is 487 g/mol. The van der Waals surface area contributed by atoms with Gasteiger partial charge in [-0.1, -0.05) is 24.3 Å². The number of nitrogen functional groups attached to an aromatic ring is 1. The van der Waals surface area contributed by atoms with Gasteiger partial charge in [-0.15, -0.1) is 0 Å². The molecule has 0 spiro atoms. The summed E-state index contributed by atoms with van der Waals surface area (Å²) in [5.74, 6) is -2.73. The molecule has 1 amide bonds. The maximum Gasteiger partial charge on any atom is 0.251 e. The van der Waals surface area contributed by atoms with Crippen molar-refractivity contribution in [1.82, 2.24) is 15.2 Å². The molecule has 0 bridgehead atoms. The number of ketones is 1. The molecule has 2 aromatic carbocycles. The summed E-state index contributed by atoms with van der Waals surface area (Å²) in [6, 6.07) is 9.92. The Bertz CT molecular complexity index is 1140. The molecule has 0 saturated heterocycles. The molecular weight excluding hydrogens is 460 g/mol. The largest absolute Gasteiger partial charge is 0.382 e. The van der Waals surface area contributed by atoms with Crippen LogP contribution in [-0.2, 0) is 0 Å². The minimum atomic E-state index is -0.965. The molecule has 0 fully saturated rings. The highest BCUT2D eigenvalue weighted by Gasteiger charge is 2.24. The minimum Gasteiger partial charge on any atom is -0.382 e. The number of nitrogens with zero attached hydrogens (tertiary/aromatic N) is 2. The third kappa shape index (κ3) is 6.36. The van der Waals surface area contributed by atoms with Gasteiger partial charge in [0.2, 0.25) is 5.78 Å². The first kappa shape index (κ1) is 25.3. The second-order valence-corrected chi connectivity index (χ2v) is 9.27. The number of hydrogen-bond acceptors (Lipinski definition) is 7. The van der Waals surface area contributed by atoms with Gasteiger partial charge in [-0.3, -0.25) is 9.59 Å². The number of benzene rings is 2. The van der Waals surface area contributed by atoms with Crippen molar-refractivity contribution < 1.29 is 18.4 Å². The van der Waals surface area contributed by atoms with E-state index >= 15 is 0 Å². The number of amides is 1. The highest BCUT2D eigenvalue weighted by molar-refractivity contribution is 7.18. The van der Waals surface area contributed by atoms with Crippen LogP contribution in [0.5, 0.6) is 0 Å². The predicted octanol–water partition coefficient (Wildman–Crippen LogP) is 4.30. The second-order valence-electron chi connectivity index (χ2n) is 8.27. The number of rotatable bonds is 10. The number of carbonyl (C=O) groups is 2. The number of anilines is 3. The van der Waals surface area contributed by atoms with Gasteiger partial charge in [-0.2, -0.15) is 0 Å². The zero-order valence-electron chi connectivity index (χ0n) is 19.2. The van der Waals surface area contributed by atoms with Gasteiger partial charge in [0.05, 0.1) is 5.56 Å². The lowest BCUT2D eigenvalue weighted by atomic mass is 10.1. The molecule has 0 aliphatic carbocycles. The van der Waals surface area contributed by atoms with Gasteiger partial charge in [-0.05, 0) is 69.4 Å². The molecule has 0 aliphatic heterocycles. The molecule has 1 atom stereocenters. The normalized spacial score (nSPS) is 11.9. The molecule has 0 radical (unpaired) electrons. The van der Waals surface area contributed by atoms with Gasteiger partial charge in [-0.25, -0.2) is 13.8 Å². The van der Waals surface area contributed by atoms with Crippen molar-refractivity contribution in [2.24, 2.45) is 5.92 Å². The maximum atomic E-state index is 14.0. The second kappa shape index (κ2) is 11.2. The standard InChI is InChI=1S/C24H27F2N5O2S/c1-14(11-12-31(2)3)13-28-23(33)15-7-9-16(10-8-15)29-24-30-22(27)21(34-24)20(32)19-17(25)5-4-6-18(19)26/h4-10,14H,11-13,27H2,1-3H3,(H,28,33)(H,29,30). The van der Waals surface area contributed by atoms with Crippen LogP contribution in [0.3, 0.4) is 0 Å². The predicted molar refractivity (Wildman–Crippen MR) is 131 cm³/mol. The lowest BCUT2D eigenvalue weighted by molar-refractivity contribution is 0.0946. The van der Waals surface area contributed by atoms with Crippen molar-refractivity contribution in [2.45, 2.75) is 13.3 Å². The van der Waals surface area contributed by atoms with Gasteiger partial charge in [0.1, 0.15) is 22.3 Å². The first-order chi connectivity index (χ1) is 16.2. The van der Waals surface area contributed by atoms with Gasteiger partial charge in [0, 0.05) is 17.8 Å². The van der Waals surface area contributed by atoms with E-state index in [4.69, 9.17) is 5.73 Å². The van der Waals surface area contributed by atoms with E-state index in [1.165, 1.54) is 6.07 Å². The SMILES string of the molecule is CC(CCN(C)C)CNC(=O)c1ccc(Nc2nc(N)c(C(=O)c3c(F)cccc3F)s2)cc1. The average Bonchev–Trinajstić information content (AvgIpc) is 3.16. The third-order valence-electron chi connectivity index (χ3n) is 5.13. The topological polar surface area (TPSA) is 100 Å². The molecule has 180 valence electrons. The number of halogens is 2. The molecule has 1 unspecified atom stereocenters. The summed E-state index contributed by atoms with van der Waals surface area (Å²) in [4.78, 5) is 31.1. The van der Waals surface area contributed by atoms with E-state index in [1.807, 2.05) is 14.1 Å². The van der Waals surface area contributed by atoms with Crippen LogP contribution >= 0.6 is 11.3 Å². The molecule has 0 aliphatic rings. The summed E-state index contributed by atoms with van der Waals surface area (Å²) in [5, 5.41) is 6.21. The Morgan fingerprint density at radius 1 is 1.12 bits per heavy atom. The summed E-state index contributed by atoms with van der Waals surface area (Å²) < 4.78 is 28.0. The lowest BCUT2D eigenvalue weighted by Gasteiger charge is -2.15. The average molecular weight is 488 g/mol. The lowest BCUT2D eigenvalue weighted by Crippen LogP contribution is -2.29. The molecule has 7 nitrogen and oxygen atoms in total. The molecule has 1 aromatic heterocycles. The molecular formula is C24H27F2N5O2S. The third-order valence-corrected chi connectivity index (χ3v) is 6.11. The van der Waals surface area contributed by atoms with E-state index in [0.29, 0.717) is 23.7 Å². The summed E-state index contributed by atoms with van der Waals surface area (Å²) in [6.07, 6.45) is 0.987. The van der Waals surface area contributed by atoms with Gasteiger partial charge >= 0.3 is 0 Å². The number of nitrogens with one attached hydrogen (secondary N) is 2. The Morgan fingerprint density at radius 3 is 2.38 bits per heavy atom. The van der Waals surface area contributed by atoms with Gasteiger partial charge in [0.15, 0.2) is 5.13 Å². The van der Waals surface area contributed by atoms with Gasteiger partial charge in [0.25, 0.3) is 5.91 Å². The summed E-state index contributed by atoms with van der Waals surface area (Å²) in [7, 11) is 4.03. The van der Waals surface area contributed by atoms with E-state index in [1.54, 1.807) is 24.3 Å². The van der Waals surface area contributed by atoms with E-state index < -0.39 is 23.0 Å². The molecule has 3 rings (SSSR count). The van der Waals surface area contributed by atoms with Crippen molar-refractivity contribution in [1.29, 1.82) is 0 Å². The van der Waals surface area contributed by atoms with Gasteiger partial charge < -0.3 is 21.3 Å². The van der Waals surface area contributed by atoms with E-state index in [-0.39, 0.29) is 21.7 Å². The fourth-order valence-electron chi connectivity index (χ4n) is 3.15. The Morgan fingerprint density at radius 2 is 1.76 bits per heavy atom. The zero-order valence-corrected chi connectivity index (χ0v) is 20.0. The number of hydrogen-bond donors (Lipinski definition) is 3. The number of thiazole rings is 1. The van der Waals surface area contributed by atoms with Crippen molar-refractivity contribution >= 4 is 39.7 Å². The number of nitrogens with two attached hydrogens (primary N) is 1. The minimum absolute atomic E-state index is 0.0640. The Labute approximate surface area is 201 Å². The van der Waals surface area contributed by atoms with Crippen LogP contribution in [-0.4, -0.2) is 48.8 Å². The molecule has 1 heterocycles. The Balaban J connectivity index is 1.63. The van der Waals surface area contributed by atoms with Crippen LogP contribution in [0.1, 0.15) is 38.9 Å². The molecule has 0 saturated carbocycles. The van der Waals surface area contributed by atoms with Crippen molar-refractivity contribution in [3.05, 3.63) is 70.1 Å². The number of aromatic nitrogens is 1. The maximum absolute atomic E-state index is 14.0. The summed E-state index contributed by atoms with van der Waals surface area (Å²) in [5.41, 5.74) is 6.28. The molecule has 10 heteroatoms. The van der Waals surface area contributed by atoms with Crippen LogP contribution in [0, 0.1) is 17.6 Å². The molecule has 3 aromatic rings. The van der Waals surface area contributed by atoms with Crippen molar-refractivity contribution in [3.8, 4) is 0 Å².